The van der Waals surface area contributed by atoms with Crippen LogP contribution in [0.15, 0.2) is 24.3 Å². The van der Waals surface area contributed by atoms with Gasteiger partial charge in [-0.15, -0.1) is 0 Å². The van der Waals surface area contributed by atoms with Crippen LogP contribution in [0.2, 0.25) is 0 Å². The van der Waals surface area contributed by atoms with E-state index < -0.39 is 5.97 Å². The molecule has 19 heavy (non-hydrogen) atoms. The second-order valence-corrected chi connectivity index (χ2v) is 4.71. The predicted molar refractivity (Wildman–Crippen MR) is 78.6 cm³/mol. The number of carboxylic acid groups (broad SMARTS) is 1. The molecule has 2 N–H and O–H groups in total. The Morgan fingerprint density at radius 1 is 1.16 bits per heavy atom. The summed E-state index contributed by atoms with van der Waals surface area (Å²) in [6.07, 6.45) is 6.04. The zero-order valence-corrected chi connectivity index (χ0v) is 12.2. The second-order valence-electron chi connectivity index (χ2n) is 4.71. The number of benzene rings is 1. The minimum atomic E-state index is -0.833. The van der Waals surface area contributed by atoms with Crippen molar-refractivity contribution in [1.29, 1.82) is 0 Å². The van der Waals surface area contributed by atoms with Crippen molar-refractivity contribution in [2.24, 2.45) is 0 Å². The number of para-hydroxylation sites is 1. The number of rotatable bonds is 6. The number of unbranched alkanes of at least 4 members (excludes halogenated alkanes) is 1. The molecule has 0 saturated heterocycles. The summed E-state index contributed by atoms with van der Waals surface area (Å²) in [4.78, 5) is 9.00. The standard InChI is InChI=1S/C14H22O.C2H4O2/c1-3-5-9-12(8-4-2)13-10-6-7-11-14(13)15;1-2(3)4/h6-7,10-12,15H,3-5,8-9H2,1-2H3;1H3,(H,3,4). The molecular weight excluding hydrogens is 240 g/mol. The van der Waals surface area contributed by atoms with Crippen molar-refractivity contribution in [3.63, 3.8) is 0 Å². The summed E-state index contributed by atoms with van der Waals surface area (Å²) in [5, 5.41) is 17.2. The fraction of sp³-hybridized carbons (Fsp3) is 0.562. The van der Waals surface area contributed by atoms with E-state index in [-0.39, 0.29) is 0 Å². The van der Waals surface area contributed by atoms with Crippen LogP contribution < -0.4 is 0 Å². The average molecular weight is 266 g/mol. The van der Waals surface area contributed by atoms with Crippen molar-refractivity contribution in [2.75, 3.05) is 0 Å². The molecule has 0 aliphatic heterocycles. The fourth-order valence-electron chi connectivity index (χ4n) is 2.09. The number of phenolic OH excluding ortho intramolecular Hbond substituents is 1. The maximum atomic E-state index is 9.81. The van der Waals surface area contributed by atoms with E-state index in [4.69, 9.17) is 9.90 Å². The lowest BCUT2D eigenvalue weighted by Crippen LogP contribution is -1.99. The average Bonchev–Trinajstić information content (AvgIpc) is 2.35. The number of aliphatic carboxylic acids is 1. The van der Waals surface area contributed by atoms with Gasteiger partial charge in [0.15, 0.2) is 0 Å². The Morgan fingerprint density at radius 2 is 1.74 bits per heavy atom. The molecule has 0 aliphatic carbocycles. The van der Waals surface area contributed by atoms with Crippen LogP contribution in [0.3, 0.4) is 0 Å². The van der Waals surface area contributed by atoms with Crippen LogP contribution in [0.25, 0.3) is 0 Å². The van der Waals surface area contributed by atoms with Crippen LogP contribution in [-0.4, -0.2) is 16.2 Å². The number of hydrogen-bond acceptors (Lipinski definition) is 2. The molecule has 1 atom stereocenters. The zero-order valence-electron chi connectivity index (χ0n) is 12.2. The lowest BCUT2D eigenvalue weighted by molar-refractivity contribution is -0.134. The molecular formula is C16H26O3. The molecule has 0 aromatic heterocycles. The van der Waals surface area contributed by atoms with E-state index in [1.165, 1.54) is 32.1 Å². The molecule has 0 radical (unpaired) electrons. The van der Waals surface area contributed by atoms with Crippen molar-refractivity contribution in [3.8, 4) is 5.75 Å². The van der Waals surface area contributed by atoms with Crippen LogP contribution in [0.1, 0.15) is 64.4 Å². The van der Waals surface area contributed by atoms with Gasteiger partial charge >= 0.3 is 0 Å². The second kappa shape index (κ2) is 10.4. The normalized spacial score (nSPS) is 11.3. The summed E-state index contributed by atoms with van der Waals surface area (Å²) in [6.45, 7) is 5.51. The van der Waals surface area contributed by atoms with Crippen molar-refractivity contribution in [1.82, 2.24) is 0 Å². The van der Waals surface area contributed by atoms with Crippen LogP contribution in [0, 0.1) is 0 Å². The first-order valence-corrected chi connectivity index (χ1v) is 7.00. The van der Waals surface area contributed by atoms with Crippen molar-refractivity contribution in [2.45, 2.75) is 58.8 Å². The summed E-state index contributed by atoms with van der Waals surface area (Å²) in [5.74, 6) is 0.170. The number of hydrogen-bond donors (Lipinski definition) is 2. The topological polar surface area (TPSA) is 57.5 Å². The Hall–Kier alpha value is -1.51. The van der Waals surface area contributed by atoms with Crippen LogP contribution >= 0.6 is 0 Å². The molecule has 3 heteroatoms. The van der Waals surface area contributed by atoms with Gasteiger partial charge in [0.1, 0.15) is 5.75 Å². The van der Waals surface area contributed by atoms with Gasteiger partial charge in [-0.25, -0.2) is 0 Å². The predicted octanol–water partition coefficient (Wildman–Crippen LogP) is 4.56. The fourth-order valence-corrected chi connectivity index (χ4v) is 2.09. The van der Waals surface area contributed by atoms with E-state index >= 15 is 0 Å². The molecule has 0 spiro atoms. The maximum absolute atomic E-state index is 9.81. The first-order valence-electron chi connectivity index (χ1n) is 7.00. The van der Waals surface area contributed by atoms with E-state index in [0.29, 0.717) is 11.7 Å². The number of carbonyl (C=O) groups is 1. The molecule has 0 bridgehead atoms. The quantitative estimate of drug-likeness (QED) is 0.793. The summed E-state index contributed by atoms with van der Waals surface area (Å²) in [7, 11) is 0. The van der Waals surface area contributed by atoms with Gasteiger partial charge in [-0.05, 0) is 30.4 Å². The molecule has 1 rings (SSSR count). The van der Waals surface area contributed by atoms with Crippen LogP contribution in [0.5, 0.6) is 5.75 Å². The van der Waals surface area contributed by atoms with Gasteiger partial charge in [0, 0.05) is 6.92 Å². The first-order chi connectivity index (χ1) is 9.02. The molecule has 0 amide bonds. The van der Waals surface area contributed by atoms with E-state index in [2.05, 4.69) is 19.9 Å². The van der Waals surface area contributed by atoms with Crippen LogP contribution in [-0.2, 0) is 4.79 Å². The van der Waals surface area contributed by atoms with Crippen molar-refractivity contribution < 1.29 is 15.0 Å². The Morgan fingerprint density at radius 3 is 2.21 bits per heavy atom. The van der Waals surface area contributed by atoms with Gasteiger partial charge in [-0.2, -0.15) is 0 Å². The third kappa shape index (κ3) is 8.25. The van der Waals surface area contributed by atoms with E-state index in [9.17, 15) is 5.11 Å². The molecule has 0 aliphatic rings. The minimum absolute atomic E-state index is 0.465. The Balaban J connectivity index is 0.000000711. The van der Waals surface area contributed by atoms with Gasteiger partial charge in [-0.3, -0.25) is 4.79 Å². The summed E-state index contributed by atoms with van der Waals surface area (Å²) >= 11 is 0. The number of phenols is 1. The van der Waals surface area contributed by atoms with Crippen molar-refractivity contribution >= 4 is 5.97 Å². The van der Waals surface area contributed by atoms with Crippen LogP contribution in [0.4, 0.5) is 0 Å². The Bertz CT molecular complexity index is 357. The van der Waals surface area contributed by atoms with E-state index in [1.54, 1.807) is 6.07 Å². The summed E-state index contributed by atoms with van der Waals surface area (Å²) in [6, 6.07) is 7.76. The third-order valence-electron chi connectivity index (χ3n) is 2.92. The molecule has 108 valence electrons. The van der Waals surface area contributed by atoms with Crippen molar-refractivity contribution in [3.05, 3.63) is 29.8 Å². The Kier molecular flexibility index (Phi) is 9.59. The van der Waals surface area contributed by atoms with Gasteiger partial charge < -0.3 is 10.2 Å². The highest BCUT2D eigenvalue weighted by atomic mass is 16.4. The highest BCUT2D eigenvalue weighted by Gasteiger charge is 2.13. The molecule has 1 unspecified atom stereocenters. The summed E-state index contributed by atoms with van der Waals surface area (Å²) in [5.41, 5.74) is 1.13. The van der Waals surface area contributed by atoms with Gasteiger partial charge in [0.25, 0.3) is 5.97 Å². The smallest absolute Gasteiger partial charge is 0.300 e. The first kappa shape index (κ1) is 17.5. The zero-order chi connectivity index (χ0) is 14.7. The number of carboxylic acids is 1. The minimum Gasteiger partial charge on any atom is -0.508 e. The molecule has 1 aromatic carbocycles. The van der Waals surface area contributed by atoms with Gasteiger partial charge in [0.05, 0.1) is 0 Å². The molecule has 0 fully saturated rings. The SMILES string of the molecule is CC(=O)O.CCCCC(CCC)c1ccccc1O. The van der Waals surface area contributed by atoms with Gasteiger partial charge in [0.2, 0.25) is 0 Å². The monoisotopic (exact) mass is 266 g/mol. The van der Waals surface area contributed by atoms with Gasteiger partial charge in [-0.1, -0.05) is 51.3 Å². The lowest BCUT2D eigenvalue weighted by Gasteiger charge is -2.17. The molecule has 3 nitrogen and oxygen atoms in total. The molecule has 0 heterocycles. The lowest BCUT2D eigenvalue weighted by atomic mass is 9.89. The molecule has 1 aromatic rings. The Labute approximate surface area is 116 Å². The largest absolute Gasteiger partial charge is 0.508 e. The summed E-state index contributed by atoms with van der Waals surface area (Å²) < 4.78 is 0. The highest BCUT2D eigenvalue weighted by Crippen LogP contribution is 2.32. The van der Waals surface area contributed by atoms with E-state index in [0.717, 1.165) is 12.5 Å². The third-order valence-corrected chi connectivity index (χ3v) is 2.92. The number of aromatic hydroxyl groups is 1. The maximum Gasteiger partial charge on any atom is 0.300 e. The molecule has 0 saturated carbocycles. The van der Waals surface area contributed by atoms with E-state index in [1.807, 2.05) is 12.1 Å². The highest BCUT2D eigenvalue weighted by molar-refractivity contribution is 5.62.